The minimum Gasteiger partial charge on any atom is -0.494 e. The SMILES string of the molecule is COc1cc(NC(=O)COc2ccc(C)c(C)c2)ccc1NC(=O)c1ccccc1Cl. The highest BCUT2D eigenvalue weighted by molar-refractivity contribution is 6.34. The van der Waals surface area contributed by atoms with E-state index in [9.17, 15) is 9.59 Å². The first-order valence-corrected chi connectivity index (χ1v) is 9.99. The number of nitrogens with one attached hydrogen (secondary N) is 2. The molecular weight excluding hydrogens is 416 g/mol. The molecule has 2 amide bonds. The van der Waals surface area contributed by atoms with Crippen molar-refractivity contribution < 1.29 is 19.1 Å². The molecule has 3 aromatic rings. The summed E-state index contributed by atoms with van der Waals surface area (Å²) in [6, 6.07) is 17.4. The van der Waals surface area contributed by atoms with Crippen molar-refractivity contribution in [3.63, 3.8) is 0 Å². The lowest BCUT2D eigenvalue weighted by Gasteiger charge is -2.13. The van der Waals surface area contributed by atoms with Gasteiger partial charge in [0.2, 0.25) is 0 Å². The molecule has 0 unspecified atom stereocenters. The van der Waals surface area contributed by atoms with Crippen LogP contribution in [-0.4, -0.2) is 25.5 Å². The van der Waals surface area contributed by atoms with Gasteiger partial charge in [0.15, 0.2) is 6.61 Å². The number of anilines is 2. The molecule has 31 heavy (non-hydrogen) atoms. The third kappa shape index (κ3) is 5.77. The molecule has 0 spiro atoms. The maximum absolute atomic E-state index is 12.5. The highest BCUT2D eigenvalue weighted by Crippen LogP contribution is 2.29. The molecule has 0 heterocycles. The first-order valence-electron chi connectivity index (χ1n) is 9.61. The molecule has 0 saturated carbocycles. The van der Waals surface area contributed by atoms with Gasteiger partial charge in [-0.2, -0.15) is 0 Å². The summed E-state index contributed by atoms with van der Waals surface area (Å²) in [4.78, 5) is 24.8. The number of halogens is 1. The molecule has 6 nitrogen and oxygen atoms in total. The molecule has 3 rings (SSSR count). The topological polar surface area (TPSA) is 76.7 Å². The van der Waals surface area contributed by atoms with Gasteiger partial charge in [0.1, 0.15) is 11.5 Å². The Balaban J connectivity index is 1.63. The van der Waals surface area contributed by atoms with Crippen molar-refractivity contribution in [2.75, 3.05) is 24.4 Å². The Bertz CT molecular complexity index is 1110. The van der Waals surface area contributed by atoms with Crippen LogP contribution in [0.25, 0.3) is 0 Å². The molecule has 0 fully saturated rings. The first kappa shape index (κ1) is 22.2. The fourth-order valence-corrected chi connectivity index (χ4v) is 3.08. The highest BCUT2D eigenvalue weighted by Gasteiger charge is 2.14. The van der Waals surface area contributed by atoms with Gasteiger partial charge in [0.05, 0.1) is 23.4 Å². The predicted octanol–water partition coefficient (Wildman–Crippen LogP) is 5.24. The van der Waals surface area contributed by atoms with Crippen LogP contribution >= 0.6 is 11.6 Å². The average Bonchev–Trinajstić information content (AvgIpc) is 2.75. The molecule has 2 N–H and O–H groups in total. The second-order valence-electron chi connectivity index (χ2n) is 6.93. The number of carbonyl (C=O) groups excluding carboxylic acids is 2. The number of rotatable bonds is 7. The van der Waals surface area contributed by atoms with Crippen LogP contribution in [0.3, 0.4) is 0 Å². The van der Waals surface area contributed by atoms with Crippen molar-refractivity contribution in [2.45, 2.75) is 13.8 Å². The minimum atomic E-state index is -0.359. The van der Waals surface area contributed by atoms with Crippen molar-refractivity contribution >= 4 is 34.8 Å². The molecule has 7 heteroatoms. The number of hydrogen-bond donors (Lipinski definition) is 2. The molecule has 0 aliphatic carbocycles. The maximum Gasteiger partial charge on any atom is 0.262 e. The Kier molecular flexibility index (Phi) is 7.15. The van der Waals surface area contributed by atoms with E-state index in [0.29, 0.717) is 33.5 Å². The zero-order valence-corrected chi connectivity index (χ0v) is 18.2. The molecule has 0 aromatic heterocycles. The van der Waals surface area contributed by atoms with Gasteiger partial charge in [0.25, 0.3) is 11.8 Å². The lowest BCUT2D eigenvalue weighted by molar-refractivity contribution is -0.118. The van der Waals surface area contributed by atoms with E-state index in [0.717, 1.165) is 11.1 Å². The van der Waals surface area contributed by atoms with Gasteiger partial charge in [0, 0.05) is 11.8 Å². The van der Waals surface area contributed by atoms with Crippen LogP contribution in [-0.2, 0) is 4.79 Å². The Hall–Kier alpha value is -3.51. The van der Waals surface area contributed by atoms with E-state index in [1.807, 2.05) is 32.0 Å². The van der Waals surface area contributed by atoms with Crippen LogP contribution in [0.2, 0.25) is 5.02 Å². The third-order valence-electron chi connectivity index (χ3n) is 4.70. The molecule has 0 aliphatic rings. The first-order chi connectivity index (χ1) is 14.9. The minimum absolute atomic E-state index is 0.129. The second-order valence-corrected chi connectivity index (χ2v) is 7.34. The van der Waals surface area contributed by atoms with E-state index >= 15 is 0 Å². The molecule has 3 aromatic carbocycles. The van der Waals surface area contributed by atoms with Gasteiger partial charge < -0.3 is 20.1 Å². The molecule has 160 valence electrons. The van der Waals surface area contributed by atoms with E-state index in [2.05, 4.69) is 10.6 Å². The molecule has 0 aliphatic heterocycles. The molecule has 0 radical (unpaired) electrons. The number of methoxy groups -OCH3 is 1. The monoisotopic (exact) mass is 438 g/mol. The molecule has 0 bridgehead atoms. The van der Waals surface area contributed by atoms with E-state index in [-0.39, 0.29) is 18.4 Å². The van der Waals surface area contributed by atoms with E-state index < -0.39 is 0 Å². The highest BCUT2D eigenvalue weighted by atomic mass is 35.5. The summed E-state index contributed by atoms with van der Waals surface area (Å²) in [5.74, 6) is 0.359. The van der Waals surface area contributed by atoms with Crippen LogP contribution in [0.4, 0.5) is 11.4 Å². The number of hydrogen-bond acceptors (Lipinski definition) is 4. The molecular formula is C24H23ClN2O4. The van der Waals surface area contributed by atoms with Gasteiger partial charge >= 0.3 is 0 Å². The normalized spacial score (nSPS) is 10.3. The largest absolute Gasteiger partial charge is 0.494 e. The van der Waals surface area contributed by atoms with Crippen LogP contribution < -0.4 is 20.1 Å². The quantitative estimate of drug-likeness (QED) is 0.529. The summed E-state index contributed by atoms with van der Waals surface area (Å²) in [5, 5.41) is 5.88. The van der Waals surface area contributed by atoms with Crippen molar-refractivity contribution in [1.29, 1.82) is 0 Å². The summed E-state index contributed by atoms with van der Waals surface area (Å²) in [6.45, 7) is 3.87. The summed E-state index contributed by atoms with van der Waals surface area (Å²) < 4.78 is 10.9. The van der Waals surface area contributed by atoms with Gasteiger partial charge in [-0.3, -0.25) is 9.59 Å². The van der Waals surface area contributed by atoms with Gasteiger partial charge in [-0.1, -0.05) is 29.8 Å². The Morgan fingerprint density at radius 2 is 1.71 bits per heavy atom. The third-order valence-corrected chi connectivity index (χ3v) is 5.03. The zero-order chi connectivity index (χ0) is 22.4. The predicted molar refractivity (Wildman–Crippen MR) is 122 cm³/mol. The fourth-order valence-electron chi connectivity index (χ4n) is 2.86. The fraction of sp³-hybridized carbons (Fsp3) is 0.167. The number of benzene rings is 3. The summed E-state index contributed by atoms with van der Waals surface area (Å²) in [7, 11) is 1.48. The maximum atomic E-state index is 12.5. The smallest absolute Gasteiger partial charge is 0.262 e. The summed E-state index contributed by atoms with van der Waals surface area (Å²) >= 11 is 6.08. The Morgan fingerprint density at radius 1 is 0.935 bits per heavy atom. The van der Waals surface area contributed by atoms with Crippen LogP contribution in [0.15, 0.2) is 60.7 Å². The van der Waals surface area contributed by atoms with Crippen molar-refractivity contribution in [1.82, 2.24) is 0 Å². The molecule has 0 saturated heterocycles. The number of carbonyl (C=O) groups is 2. The van der Waals surface area contributed by atoms with E-state index in [1.165, 1.54) is 7.11 Å². The van der Waals surface area contributed by atoms with E-state index in [4.69, 9.17) is 21.1 Å². The molecule has 0 atom stereocenters. The van der Waals surface area contributed by atoms with Gasteiger partial charge in [-0.05, 0) is 61.4 Å². The van der Waals surface area contributed by atoms with Gasteiger partial charge in [-0.15, -0.1) is 0 Å². The van der Waals surface area contributed by atoms with Crippen LogP contribution in [0, 0.1) is 13.8 Å². The average molecular weight is 439 g/mol. The number of aryl methyl sites for hydroxylation is 2. The van der Waals surface area contributed by atoms with Crippen LogP contribution in [0.5, 0.6) is 11.5 Å². The summed E-state index contributed by atoms with van der Waals surface area (Å²) in [5.41, 5.74) is 3.58. The summed E-state index contributed by atoms with van der Waals surface area (Å²) in [6.07, 6.45) is 0. The van der Waals surface area contributed by atoms with Crippen molar-refractivity contribution in [3.05, 3.63) is 82.4 Å². The lowest BCUT2D eigenvalue weighted by atomic mass is 10.1. The number of ether oxygens (including phenoxy) is 2. The van der Waals surface area contributed by atoms with Gasteiger partial charge in [-0.25, -0.2) is 0 Å². The van der Waals surface area contributed by atoms with Crippen LogP contribution in [0.1, 0.15) is 21.5 Å². The zero-order valence-electron chi connectivity index (χ0n) is 17.5. The second kappa shape index (κ2) is 10.00. The Labute approximate surface area is 186 Å². The van der Waals surface area contributed by atoms with Crippen molar-refractivity contribution in [3.8, 4) is 11.5 Å². The van der Waals surface area contributed by atoms with Crippen molar-refractivity contribution in [2.24, 2.45) is 0 Å². The van der Waals surface area contributed by atoms with E-state index in [1.54, 1.807) is 42.5 Å². The Morgan fingerprint density at radius 3 is 2.42 bits per heavy atom. The number of amides is 2. The standard InChI is InChI=1S/C24H23ClN2O4/c1-15-8-10-18(12-16(15)2)31-14-23(28)26-17-9-11-21(22(13-17)30-3)27-24(29)19-6-4-5-7-20(19)25/h4-13H,14H2,1-3H3,(H,26,28)(H,27,29). The lowest BCUT2D eigenvalue weighted by Crippen LogP contribution is -2.20.